The fourth-order valence-electron chi connectivity index (χ4n) is 2.38. The van der Waals surface area contributed by atoms with Crippen molar-refractivity contribution >= 4 is 15.9 Å². The summed E-state index contributed by atoms with van der Waals surface area (Å²) in [5, 5.41) is 14.9. The second kappa shape index (κ2) is 7.20. The molecule has 5 heteroatoms. The molecule has 2 rings (SSSR count). The van der Waals surface area contributed by atoms with Crippen LogP contribution in [0.1, 0.15) is 28.5 Å². The summed E-state index contributed by atoms with van der Waals surface area (Å²) in [5.74, 6) is 0. The first-order valence-corrected chi connectivity index (χ1v) is 7.76. The van der Waals surface area contributed by atoms with Crippen molar-refractivity contribution in [3.05, 3.63) is 51.3 Å². The van der Waals surface area contributed by atoms with Crippen molar-refractivity contribution in [1.82, 2.24) is 9.78 Å². The lowest BCUT2D eigenvalue weighted by Gasteiger charge is -2.16. The van der Waals surface area contributed by atoms with E-state index in [9.17, 15) is 5.11 Å². The number of nitrogens with zero attached hydrogens (tertiary/aromatic N) is 2. The molecule has 1 heterocycles. The summed E-state index contributed by atoms with van der Waals surface area (Å²) in [6.07, 6.45) is 1.70. The Morgan fingerprint density at radius 2 is 2.14 bits per heavy atom. The van der Waals surface area contributed by atoms with Gasteiger partial charge in [-0.15, -0.1) is 0 Å². The van der Waals surface area contributed by atoms with Gasteiger partial charge in [0.2, 0.25) is 0 Å². The summed E-state index contributed by atoms with van der Waals surface area (Å²) in [6, 6.07) is 6.31. The third-order valence-corrected chi connectivity index (χ3v) is 4.18. The Balaban J connectivity index is 2.21. The number of aryl methyl sites for hydroxylation is 2. The Labute approximate surface area is 133 Å². The predicted octanol–water partition coefficient (Wildman–Crippen LogP) is 3.18. The fourth-order valence-corrected chi connectivity index (χ4v) is 2.94. The second-order valence-electron chi connectivity index (χ2n) is 5.24. The smallest absolute Gasteiger partial charge is 0.101 e. The zero-order chi connectivity index (χ0) is 15.4. The van der Waals surface area contributed by atoms with Crippen LogP contribution in [-0.2, 0) is 17.7 Å². The number of methoxy groups -OCH3 is 1. The number of aliphatic hydroxyl groups excluding tert-OH is 1. The zero-order valence-electron chi connectivity index (χ0n) is 12.6. The Kier molecular flexibility index (Phi) is 5.56. The number of hydrogen-bond acceptors (Lipinski definition) is 3. The van der Waals surface area contributed by atoms with Gasteiger partial charge in [0, 0.05) is 13.5 Å². The predicted molar refractivity (Wildman–Crippen MR) is 86.4 cm³/mol. The molecular weight excluding hydrogens is 332 g/mol. The summed E-state index contributed by atoms with van der Waals surface area (Å²) in [7, 11) is 1.66. The first-order chi connectivity index (χ1) is 10.0. The maximum atomic E-state index is 10.6. The lowest BCUT2D eigenvalue weighted by atomic mass is 9.99. The molecule has 0 aliphatic carbocycles. The normalized spacial score (nSPS) is 12.6. The molecule has 114 valence electrons. The van der Waals surface area contributed by atoms with E-state index in [2.05, 4.69) is 53.1 Å². The third kappa shape index (κ3) is 3.93. The van der Waals surface area contributed by atoms with E-state index in [1.54, 1.807) is 18.0 Å². The molecule has 0 fully saturated rings. The molecule has 1 atom stereocenters. The van der Waals surface area contributed by atoms with Gasteiger partial charge in [-0.3, -0.25) is 4.68 Å². The zero-order valence-corrected chi connectivity index (χ0v) is 14.2. The van der Waals surface area contributed by atoms with Crippen molar-refractivity contribution in [1.29, 1.82) is 0 Å². The molecule has 0 bridgehead atoms. The Hall–Kier alpha value is -1.17. The average molecular weight is 353 g/mol. The summed E-state index contributed by atoms with van der Waals surface area (Å²) in [5.41, 5.74) is 4.36. The largest absolute Gasteiger partial charge is 0.386 e. The van der Waals surface area contributed by atoms with Crippen LogP contribution in [0.3, 0.4) is 0 Å². The standard InChI is InChI=1S/C16H21BrN2O2/c1-11-4-5-12(2)13(8-11)9-15(20)16-14(17)10-18-19(16)6-7-21-3/h4-5,8,10,15,20H,6-7,9H2,1-3H3. The van der Waals surface area contributed by atoms with Gasteiger partial charge in [-0.2, -0.15) is 5.10 Å². The van der Waals surface area contributed by atoms with Gasteiger partial charge in [0.1, 0.15) is 6.10 Å². The topological polar surface area (TPSA) is 47.3 Å². The quantitative estimate of drug-likeness (QED) is 0.868. The van der Waals surface area contributed by atoms with E-state index in [1.165, 1.54) is 11.1 Å². The van der Waals surface area contributed by atoms with Crippen molar-refractivity contribution in [2.75, 3.05) is 13.7 Å². The average Bonchev–Trinajstić information content (AvgIpc) is 2.81. The van der Waals surface area contributed by atoms with Crippen molar-refractivity contribution in [2.45, 2.75) is 32.9 Å². The van der Waals surface area contributed by atoms with Crippen LogP contribution in [0.25, 0.3) is 0 Å². The number of hydrogen-bond donors (Lipinski definition) is 1. The molecule has 4 nitrogen and oxygen atoms in total. The number of benzene rings is 1. The molecular formula is C16H21BrN2O2. The van der Waals surface area contributed by atoms with Crippen LogP contribution < -0.4 is 0 Å². The molecule has 1 unspecified atom stereocenters. The van der Waals surface area contributed by atoms with E-state index in [0.717, 1.165) is 15.7 Å². The lowest BCUT2D eigenvalue weighted by molar-refractivity contribution is 0.152. The van der Waals surface area contributed by atoms with Gasteiger partial charge in [-0.25, -0.2) is 0 Å². The Morgan fingerprint density at radius 3 is 2.86 bits per heavy atom. The first kappa shape index (κ1) is 16.2. The van der Waals surface area contributed by atoms with E-state index >= 15 is 0 Å². The molecule has 0 spiro atoms. The molecule has 1 aromatic heterocycles. The minimum atomic E-state index is -0.598. The SMILES string of the molecule is COCCn1ncc(Br)c1C(O)Cc1cc(C)ccc1C. The minimum Gasteiger partial charge on any atom is -0.386 e. The van der Waals surface area contributed by atoms with Crippen molar-refractivity contribution in [3.63, 3.8) is 0 Å². The highest BCUT2D eigenvalue weighted by molar-refractivity contribution is 9.10. The highest BCUT2D eigenvalue weighted by Crippen LogP contribution is 2.27. The molecule has 0 aliphatic rings. The van der Waals surface area contributed by atoms with Crippen LogP contribution in [0.5, 0.6) is 0 Å². The first-order valence-electron chi connectivity index (χ1n) is 6.97. The number of halogens is 1. The summed E-state index contributed by atoms with van der Waals surface area (Å²) in [6.45, 7) is 5.32. The lowest BCUT2D eigenvalue weighted by Crippen LogP contribution is -2.14. The number of rotatable bonds is 6. The van der Waals surface area contributed by atoms with Crippen LogP contribution in [-0.4, -0.2) is 28.6 Å². The van der Waals surface area contributed by atoms with E-state index in [4.69, 9.17) is 4.74 Å². The summed E-state index contributed by atoms with van der Waals surface area (Å²) < 4.78 is 7.71. The summed E-state index contributed by atoms with van der Waals surface area (Å²) in [4.78, 5) is 0. The van der Waals surface area contributed by atoms with Crippen LogP contribution >= 0.6 is 15.9 Å². The number of aromatic nitrogens is 2. The molecule has 0 aliphatic heterocycles. The van der Waals surface area contributed by atoms with Crippen molar-refractivity contribution < 1.29 is 9.84 Å². The molecule has 0 saturated heterocycles. The van der Waals surface area contributed by atoms with Gasteiger partial charge in [0.15, 0.2) is 0 Å². The second-order valence-corrected chi connectivity index (χ2v) is 6.10. The highest BCUT2D eigenvalue weighted by Gasteiger charge is 2.19. The third-order valence-electron chi connectivity index (χ3n) is 3.57. The molecule has 2 aromatic rings. The molecule has 1 aromatic carbocycles. The van der Waals surface area contributed by atoms with Crippen LogP contribution in [0, 0.1) is 13.8 Å². The van der Waals surface area contributed by atoms with Crippen molar-refractivity contribution in [2.24, 2.45) is 0 Å². The minimum absolute atomic E-state index is 0.567. The van der Waals surface area contributed by atoms with Gasteiger partial charge in [-0.1, -0.05) is 23.8 Å². The van der Waals surface area contributed by atoms with Gasteiger partial charge < -0.3 is 9.84 Å². The highest BCUT2D eigenvalue weighted by atomic mass is 79.9. The Bertz CT molecular complexity index is 610. The van der Waals surface area contributed by atoms with E-state index in [0.29, 0.717) is 19.6 Å². The van der Waals surface area contributed by atoms with Crippen LogP contribution in [0.15, 0.2) is 28.9 Å². The maximum absolute atomic E-state index is 10.6. The molecule has 1 N–H and O–H groups in total. The van der Waals surface area contributed by atoms with E-state index < -0.39 is 6.10 Å². The van der Waals surface area contributed by atoms with Crippen LogP contribution in [0.4, 0.5) is 0 Å². The van der Waals surface area contributed by atoms with Gasteiger partial charge >= 0.3 is 0 Å². The van der Waals surface area contributed by atoms with Gasteiger partial charge in [0.25, 0.3) is 0 Å². The fraction of sp³-hybridized carbons (Fsp3) is 0.438. The number of ether oxygens (including phenoxy) is 1. The Morgan fingerprint density at radius 1 is 1.38 bits per heavy atom. The molecule has 21 heavy (non-hydrogen) atoms. The number of aliphatic hydroxyl groups is 1. The monoisotopic (exact) mass is 352 g/mol. The molecule has 0 radical (unpaired) electrons. The summed E-state index contributed by atoms with van der Waals surface area (Å²) >= 11 is 3.47. The maximum Gasteiger partial charge on any atom is 0.101 e. The van der Waals surface area contributed by atoms with Crippen molar-refractivity contribution in [3.8, 4) is 0 Å². The van der Waals surface area contributed by atoms with E-state index in [-0.39, 0.29) is 0 Å². The molecule has 0 amide bonds. The van der Waals surface area contributed by atoms with Gasteiger partial charge in [0.05, 0.1) is 29.5 Å². The van der Waals surface area contributed by atoms with Gasteiger partial charge in [-0.05, 0) is 40.9 Å². The molecule has 0 saturated carbocycles. The van der Waals surface area contributed by atoms with Crippen LogP contribution in [0.2, 0.25) is 0 Å². The van der Waals surface area contributed by atoms with E-state index in [1.807, 2.05) is 0 Å².